The molecule has 0 bridgehead atoms. The Kier molecular flexibility index (Phi) is 44.2. The first-order chi connectivity index (χ1) is 60.4. The van der Waals surface area contributed by atoms with Crippen molar-refractivity contribution < 1.29 is 142 Å². The number of carboxylic acids is 6. The number of ether oxygens (including phenoxy) is 1. The van der Waals surface area contributed by atoms with Crippen LogP contribution in [0.1, 0.15) is 166 Å². The fraction of sp³-hybridized carbons (Fsp3) is 0.245. The van der Waals surface area contributed by atoms with E-state index in [2.05, 4.69) is 249 Å². The van der Waals surface area contributed by atoms with E-state index in [0.717, 1.165) is 59.6 Å². The van der Waals surface area contributed by atoms with E-state index in [-0.39, 0.29) is 121 Å². The number of carbonyl (C=O) groups excluding carboxylic acids is 5. The number of carboxylic acid groups (broad SMARTS) is 6. The van der Waals surface area contributed by atoms with Crippen LogP contribution < -0.4 is 94.7 Å². The number of carbonyl (C=O) groups is 9. The van der Waals surface area contributed by atoms with Gasteiger partial charge in [-0.2, -0.15) is 25.0 Å². The number of aldehydes is 1. The summed E-state index contributed by atoms with van der Waals surface area (Å²) in [5.41, 5.74) is 27.6. The zero-order valence-corrected chi connectivity index (χ0v) is 82.6. The van der Waals surface area contributed by atoms with E-state index in [9.17, 15) is 33.6 Å². The number of rotatable bonds is 11. The van der Waals surface area contributed by atoms with Crippen molar-refractivity contribution in [3.8, 4) is 0 Å². The Hall–Kier alpha value is -13.7. The van der Waals surface area contributed by atoms with Crippen LogP contribution in [0.4, 0.5) is 62.6 Å². The van der Waals surface area contributed by atoms with E-state index >= 15 is 0 Å². The van der Waals surface area contributed by atoms with Gasteiger partial charge in [0, 0.05) is 157 Å². The van der Waals surface area contributed by atoms with Gasteiger partial charge in [-0.25, -0.2) is 19.2 Å². The van der Waals surface area contributed by atoms with E-state index in [1.165, 1.54) is 136 Å². The SMILES string of the molecule is C=C1N(C)c2ccc(N=Nc3ccc(C(=O)O)cc3)cc2C1(C)C.C=C1N(C)c2ccccc2C1(C)C.CC(=O)OC(C)=O.CC(=O)[O-].CC(=O)[O-].CN1/C(=C\C=C\C2=[N+](C)c3ccccc3C2(C)C)C(C)(C)c2cc(N=Nc3ccc(C(=O)O)cc3)ccc21.CN1/C(=C\C=O)C(C)(C)c2ccccc21.Cl.N#[N+]c1ccc(C(=O)O)cc1.Nc1ccc(C(=O)O)cc1.O=N[O-].[Na+].[Na+]. The summed E-state index contributed by atoms with van der Waals surface area (Å²) < 4.78 is 6.26. The first-order valence-corrected chi connectivity index (χ1v) is 39.7. The summed E-state index contributed by atoms with van der Waals surface area (Å²) in [5, 5.41) is 87.1. The van der Waals surface area contributed by atoms with Crippen LogP contribution in [0.25, 0.3) is 4.98 Å². The van der Waals surface area contributed by atoms with Crippen molar-refractivity contribution in [2.24, 2.45) is 25.8 Å². The number of hydrogen-bond acceptors (Lipinski definition) is 25. The van der Waals surface area contributed by atoms with Gasteiger partial charge >= 0.3 is 101 Å². The van der Waals surface area contributed by atoms with Gasteiger partial charge in [0.25, 0.3) is 0 Å². The molecule has 9 aromatic carbocycles. The molecule has 0 fully saturated rings. The molecule has 0 aliphatic carbocycles. The van der Waals surface area contributed by atoms with Crippen LogP contribution in [-0.4, -0.2) is 120 Å². The summed E-state index contributed by atoms with van der Waals surface area (Å²) in [6.07, 6.45) is 9.13. The molecule has 0 spiro atoms. The number of allylic oxidation sites excluding steroid dienone is 8. The average Bonchev–Trinajstić information content (AvgIpc) is 1.61. The molecule has 5 heterocycles. The fourth-order valence-corrected chi connectivity index (χ4v) is 14.5. The second-order valence-electron chi connectivity index (χ2n) is 31.9. The Balaban J connectivity index is 0.000000543. The van der Waals surface area contributed by atoms with Gasteiger partial charge in [-0.3, -0.25) is 14.4 Å². The Morgan fingerprint density at radius 3 is 1.09 bits per heavy atom. The number of anilines is 5. The van der Waals surface area contributed by atoms with E-state index in [0.29, 0.717) is 22.7 Å². The predicted molar refractivity (Wildman–Crippen MR) is 503 cm³/mol. The zero-order chi connectivity index (χ0) is 97.0. The third kappa shape index (κ3) is 30.2. The van der Waals surface area contributed by atoms with E-state index in [4.69, 9.17) is 61.5 Å². The summed E-state index contributed by atoms with van der Waals surface area (Å²) in [5.74, 6) is -7.13. The van der Waals surface area contributed by atoms with Crippen LogP contribution in [0.15, 0.2) is 292 Å². The Bertz CT molecular complexity index is 5890. The molecule has 0 atom stereocenters. The molecule has 14 rings (SSSR count). The summed E-state index contributed by atoms with van der Waals surface area (Å²) in [6, 6.07) is 61.8. The van der Waals surface area contributed by atoms with Gasteiger partial charge in [-0.1, -0.05) is 129 Å². The van der Waals surface area contributed by atoms with Crippen molar-refractivity contribution in [2.75, 3.05) is 60.6 Å². The third-order valence-corrected chi connectivity index (χ3v) is 21.3. The maximum atomic E-state index is 11.1. The maximum Gasteiger partial charge on any atom is 1.00 e. The molecule has 0 unspecified atom stereocenters. The topological polar surface area (TPSA) is 462 Å². The first kappa shape index (κ1) is 114. The first-order valence-electron chi connectivity index (χ1n) is 39.7. The number of nitrogens with zero attached hydrogens (tertiary/aromatic N) is 12. The molecule has 6 N–H and O–H groups in total. The maximum absolute atomic E-state index is 11.1. The molecular formula is C98H107ClN13Na2O18+. The number of diazo groups is 1. The van der Waals surface area contributed by atoms with Crippen LogP contribution in [0, 0.1) is 15.5 Å². The number of likely N-dealkylation sites (N-methyl/N-ethyl adjacent to an activating group) is 4. The number of nitrogens with two attached hydrogens (primary N) is 1. The molecule has 0 saturated heterocycles. The number of aliphatic carboxylic acids is 2. The second-order valence-corrected chi connectivity index (χ2v) is 31.9. The number of para-hydroxylation sites is 3. The van der Waals surface area contributed by atoms with Crippen LogP contribution >= 0.6 is 12.4 Å². The Morgan fingerprint density at radius 1 is 0.447 bits per heavy atom. The van der Waals surface area contributed by atoms with Crippen molar-refractivity contribution in [3.05, 3.63) is 332 Å². The van der Waals surface area contributed by atoms with Gasteiger partial charge in [-0.15, -0.1) is 17.7 Å². The summed E-state index contributed by atoms with van der Waals surface area (Å²) in [6.45, 7) is 34.6. The van der Waals surface area contributed by atoms with Crippen LogP contribution in [0.2, 0.25) is 0 Å². The Labute approximate surface area is 818 Å². The number of azo groups is 2. The molecule has 0 aromatic heterocycles. The zero-order valence-electron chi connectivity index (χ0n) is 77.8. The summed E-state index contributed by atoms with van der Waals surface area (Å²) >= 11 is 0. The normalized spacial score (nSPS) is 14.7. The number of fused-ring (bicyclic) bond motifs is 5. The summed E-state index contributed by atoms with van der Waals surface area (Å²) in [7, 11) is 10.3. The molecule has 5 aliphatic rings. The average molecular weight is 1840 g/mol. The summed E-state index contributed by atoms with van der Waals surface area (Å²) in [4.78, 5) is 110. The van der Waals surface area contributed by atoms with E-state index in [1.54, 1.807) is 42.5 Å². The van der Waals surface area contributed by atoms with Gasteiger partial charge in [-0.05, 0) is 196 Å². The fourth-order valence-electron chi connectivity index (χ4n) is 14.5. The number of halogens is 1. The van der Waals surface area contributed by atoms with E-state index < -0.39 is 47.8 Å². The van der Waals surface area contributed by atoms with Crippen LogP contribution in [0.5, 0.6) is 0 Å². The molecule has 680 valence electrons. The minimum atomic E-state index is -1.08. The van der Waals surface area contributed by atoms with Crippen molar-refractivity contribution in [3.63, 3.8) is 0 Å². The molecular weight excluding hydrogens is 1730 g/mol. The molecule has 31 nitrogen and oxygen atoms in total. The van der Waals surface area contributed by atoms with Crippen molar-refractivity contribution in [2.45, 2.75) is 124 Å². The van der Waals surface area contributed by atoms with Gasteiger partial charge in [0.2, 0.25) is 11.1 Å². The van der Waals surface area contributed by atoms with Crippen LogP contribution in [0.3, 0.4) is 0 Å². The largest absolute Gasteiger partial charge is 1.00 e. The molecule has 132 heavy (non-hydrogen) atoms. The number of esters is 2. The van der Waals surface area contributed by atoms with Crippen LogP contribution in [-0.2, 0) is 55.8 Å². The smallest absolute Gasteiger partial charge is 0.550 e. The molecule has 9 aromatic rings. The molecule has 0 radical (unpaired) electrons. The monoisotopic (exact) mass is 1830 g/mol. The minimum absolute atomic E-state index is 0. The van der Waals surface area contributed by atoms with Gasteiger partial charge in [0.15, 0.2) is 10.7 Å². The van der Waals surface area contributed by atoms with Gasteiger partial charge in [0.1, 0.15) is 13.3 Å². The molecule has 5 aliphatic heterocycles. The predicted octanol–water partition coefficient (Wildman–Crippen LogP) is 13.3. The van der Waals surface area contributed by atoms with Gasteiger partial charge in [0.05, 0.1) is 50.4 Å². The number of benzene rings is 9. The second kappa shape index (κ2) is 51.0. The molecule has 34 heteroatoms. The number of hydrogen-bond donors (Lipinski definition) is 5. The quantitative estimate of drug-likeness (QED) is 0.00686. The van der Waals surface area contributed by atoms with Crippen molar-refractivity contribution >= 4 is 135 Å². The number of nitrogen functional groups attached to an aromatic ring is 1. The van der Waals surface area contributed by atoms with Crippen molar-refractivity contribution in [1.82, 2.24) is 0 Å². The molecule has 0 amide bonds. The van der Waals surface area contributed by atoms with Crippen molar-refractivity contribution in [1.29, 1.82) is 5.39 Å². The standard InChI is InChI=1S/C32H32N4O2.C19H19N3O2.C13H15NO.C12H15N.C7H4N2O2.C7H7NO2.C4H6O3.2C2H4O2.ClH.HNO2.2Na/c1-31(2)24-10-7-8-11-26(24)35(5)28(31)12-9-13-29-32(3,4)25-20-23(18-19-27(25)36(29)6)34-33-22-16-14-21(15-17-22)30(37)38;1-12-19(2,3)16-11-15(9-10-17(16)22(12)4)21-20-14-7-5-13(6-8-14)18(23)24;1-13(2)10-6-4-5-7-11(10)14(3)12(13)8-9-15;1-9-12(2,3)10-7-5-6-8-11(10)13(9)4;8-9-6-3-1-5(2-4-6)7(10)11;8-6-3-1-5(2-4-6)7(9)10;1-3(5)7-4(2)6;2*1-2(3)4;;2-1-3;;/h7-20H,1-6H3;5-11H,1H2,2-4H3,(H,23,24);4-9H,1-3H3;5-8H,1H2,2-4H3;1-4H;1-4H,8H2,(H,9,10);1-2H3;2*1H3,(H,3,4);1H;(H,2,3);;/q;;;;;;;;;;;2*+1/p-1/b;;12-8-;;;;;;;;;;. The van der Waals surface area contributed by atoms with Gasteiger partial charge < -0.3 is 80.4 Å². The molecule has 0 saturated carbocycles. The minimum Gasteiger partial charge on any atom is -0.550 e. The number of aromatic carboxylic acids is 4. The Morgan fingerprint density at radius 2 is 0.742 bits per heavy atom. The third-order valence-electron chi connectivity index (χ3n) is 21.3. The van der Waals surface area contributed by atoms with E-state index in [1.807, 2.05) is 50.5 Å².